The Morgan fingerprint density at radius 3 is 2.56 bits per heavy atom. The summed E-state index contributed by atoms with van der Waals surface area (Å²) in [6.07, 6.45) is 0. The van der Waals surface area contributed by atoms with Gasteiger partial charge in [-0.3, -0.25) is 4.79 Å². The highest BCUT2D eigenvalue weighted by Gasteiger charge is 2.17. The lowest BCUT2D eigenvalue weighted by atomic mass is 10.2. The molecular formula is C19H22BrNO5S. The maximum absolute atomic E-state index is 12.2. The predicted molar refractivity (Wildman–Crippen MR) is 107 cm³/mol. The van der Waals surface area contributed by atoms with Gasteiger partial charge in [-0.1, -0.05) is 40.2 Å². The second-order valence-corrected chi connectivity index (χ2v) is 8.91. The Kier molecular flexibility index (Phi) is 8.27. The average Bonchev–Trinajstić information content (AvgIpc) is 2.60. The van der Waals surface area contributed by atoms with Crippen molar-refractivity contribution in [3.63, 3.8) is 0 Å². The fraction of sp³-hybridized carbons (Fsp3) is 0.316. The first-order valence-electron chi connectivity index (χ1n) is 8.30. The molecule has 1 amide bonds. The van der Waals surface area contributed by atoms with E-state index in [1.165, 1.54) is 0 Å². The Morgan fingerprint density at radius 2 is 1.81 bits per heavy atom. The van der Waals surface area contributed by atoms with Gasteiger partial charge in [0.2, 0.25) is 5.91 Å². The van der Waals surface area contributed by atoms with Crippen LogP contribution in [-0.4, -0.2) is 40.4 Å². The molecule has 0 spiro atoms. The molecule has 27 heavy (non-hydrogen) atoms. The van der Waals surface area contributed by atoms with Crippen LogP contribution in [0.25, 0.3) is 0 Å². The van der Waals surface area contributed by atoms with Gasteiger partial charge in [-0.05, 0) is 35.4 Å². The van der Waals surface area contributed by atoms with Crippen LogP contribution >= 0.6 is 15.9 Å². The minimum atomic E-state index is -3.55. The lowest BCUT2D eigenvalue weighted by molar-refractivity contribution is -0.118. The maximum Gasteiger partial charge on any atom is 0.235 e. The molecule has 8 heteroatoms. The van der Waals surface area contributed by atoms with Gasteiger partial charge in [0.05, 0.1) is 12.4 Å². The van der Waals surface area contributed by atoms with E-state index in [9.17, 15) is 13.2 Å². The number of amides is 1. The van der Waals surface area contributed by atoms with Crippen molar-refractivity contribution in [3.05, 3.63) is 64.1 Å². The van der Waals surface area contributed by atoms with E-state index >= 15 is 0 Å². The van der Waals surface area contributed by atoms with Gasteiger partial charge in [0.15, 0.2) is 9.84 Å². The van der Waals surface area contributed by atoms with Gasteiger partial charge in [-0.25, -0.2) is 8.42 Å². The number of sulfone groups is 1. The van der Waals surface area contributed by atoms with Crippen LogP contribution in [-0.2, 0) is 31.7 Å². The highest BCUT2D eigenvalue weighted by molar-refractivity contribution is 9.10. The molecule has 0 saturated carbocycles. The monoisotopic (exact) mass is 455 g/mol. The van der Waals surface area contributed by atoms with E-state index in [2.05, 4.69) is 21.2 Å². The second kappa shape index (κ2) is 10.4. The summed E-state index contributed by atoms with van der Waals surface area (Å²) < 4.78 is 35.7. The largest absolute Gasteiger partial charge is 0.491 e. The third-order valence-corrected chi connectivity index (χ3v) is 5.54. The minimum Gasteiger partial charge on any atom is -0.491 e. The van der Waals surface area contributed by atoms with Gasteiger partial charge in [-0.2, -0.15) is 0 Å². The lowest BCUT2D eigenvalue weighted by Crippen LogP contribution is -2.30. The van der Waals surface area contributed by atoms with Crippen LogP contribution in [0.3, 0.4) is 0 Å². The summed E-state index contributed by atoms with van der Waals surface area (Å²) in [6, 6.07) is 14.3. The first kappa shape index (κ1) is 21.4. The summed E-state index contributed by atoms with van der Waals surface area (Å²) in [5.74, 6) is -0.594. The van der Waals surface area contributed by atoms with E-state index in [4.69, 9.17) is 9.47 Å². The summed E-state index contributed by atoms with van der Waals surface area (Å²) in [6.45, 7) is 1.14. The van der Waals surface area contributed by atoms with Crippen molar-refractivity contribution in [1.82, 2.24) is 5.32 Å². The molecule has 0 unspecified atom stereocenters. The normalized spacial score (nSPS) is 11.2. The molecule has 0 fully saturated rings. The van der Waals surface area contributed by atoms with Crippen LogP contribution in [0.2, 0.25) is 0 Å². The molecule has 6 nitrogen and oxygen atoms in total. The van der Waals surface area contributed by atoms with Crippen LogP contribution in [0, 0.1) is 0 Å². The summed E-state index contributed by atoms with van der Waals surface area (Å²) in [5, 5.41) is 2.64. The molecule has 0 aliphatic carbocycles. The molecule has 0 aliphatic rings. The van der Waals surface area contributed by atoms with Gasteiger partial charge < -0.3 is 14.8 Å². The fourth-order valence-corrected chi connectivity index (χ4v) is 4.11. The topological polar surface area (TPSA) is 81.7 Å². The molecule has 0 aromatic heterocycles. The van der Waals surface area contributed by atoms with Gasteiger partial charge in [0.1, 0.15) is 18.1 Å². The zero-order valence-electron chi connectivity index (χ0n) is 15.0. The second-order valence-electron chi connectivity index (χ2n) is 5.93. The number of carbonyl (C=O) groups excluding carboxylic acids is 1. The number of hydrogen-bond donors (Lipinski definition) is 1. The van der Waals surface area contributed by atoms with E-state index < -0.39 is 21.5 Å². The first-order chi connectivity index (χ1) is 12.9. The van der Waals surface area contributed by atoms with Crippen LogP contribution < -0.4 is 10.1 Å². The molecule has 0 aliphatic heterocycles. The smallest absolute Gasteiger partial charge is 0.235 e. The minimum absolute atomic E-state index is 0.178. The molecule has 2 rings (SSSR count). The van der Waals surface area contributed by atoms with Crippen molar-refractivity contribution in [2.75, 3.05) is 26.1 Å². The molecule has 0 bridgehead atoms. The summed E-state index contributed by atoms with van der Waals surface area (Å²) in [4.78, 5) is 12.0. The Balaban J connectivity index is 1.85. The number of rotatable bonds is 10. The fourth-order valence-electron chi connectivity index (χ4n) is 2.37. The molecule has 146 valence electrons. The molecule has 0 heterocycles. The van der Waals surface area contributed by atoms with Crippen molar-refractivity contribution in [2.45, 2.75) is 12.3 Å². The third-order valence-electron chi connectivity index (χ3n) is 3.57. The zero-order valence-corrected chi connectivity index (χ0v) is 17.4. The molecule has 0 saturated heterocycles. The van der Waals surface area contributed by atoms with E-state index in [0.717, 1.165) is 10.0 Å². The molecule has 1 N–H and O–H groups in total. The van der Waals surface area contributed by atoms with Crippen LogP contribution in [0.1, 0.15) is 11.1 Å². The van der Waals surface area contributed by atoms with E-state index in [-0.39, 0.29) is 12.3 Å². The quantitative estimate of drug-likeness (QED) is 0.556. The molecule has 0 radical (unpaired) electrons. The number of halogens is 1. The van der Waals surface area contributed by atoms with Crippen molar-refractivity contribution < 1.29 is 22.7 Å². The number of nitrogens with one attached hydrogen (secondary N) is 1. The van der Waals surface area contributed by atoms with Gasteiger partial charge in [0, 0.05) is 18.1 Å². The number of methoxy groups -OCH3 is 1. The van der Waals surface area contributed by atoms with Crippen LogP contribution in [0.5, 0.6) is 5.75 Å². The third kappa shape index (κ3) is 8.11. The summed E-state index contributed by atoms with van der Waals surface area (Å²) in [7, 11) is -1.95. The zero-order chi connectivity index (χ0) is 19.7. The van der Waals surface area contributed by atoms with Crippen LogP contribution in [0.15, 0.2) is 53.0 Å². The first-order valence-corrected chi connectivity index (χ1v) is 10.9. The Bertz CT molecular complexity index is 870. The van der Waals surface area contributed by atoms with Crippen molar-refractivity contribution >= 4 is 31.7 Å². The van der Waals surface area contributed by atoms with E-state index in [1.807, 2.05) is 24.3 Å². The van der Waals surface area contributed by atoms with Crippen molar-refractivity contribution in [1.29, 1.82) is 0 Å². The lowest BCUT2D eigenvalue weighted by Gasteiger charge is -2.09. The Hall–Kier alpha value is -1.90. The molecule has 2 aromatic rings. The standard InChI is InChI=1S/C19H22BrNO5S/c1-25-8-9-26-18-7-3-4-15(11-18)12-21-19(22)14-27(23,24)13-16-5-2-6-17(20)10-16/h2-7,10-11H,8-9,12-14H2,1H3,(H,21,22). The van der Waals surface area contributed by atoms with Crippen LogP contribution in [0.4, 0.5) is 0 Å². The summed E-state index contributed by atoms with van der Waals surface area (Å²) in [5.41, 5.74) is 1.46. The summed E-state index contributed by atoms with van der Waals surface area (Å²) >= 11 is 3.31. The predicted octanol–water partition coefficient (Wildman–Crippen LogP) is 2.71. The number of ether oxygens (including phenoxy) is 2. The molecular weight excluding hydrogens is 434 g/mol. The van der Waals surface area contributed by atoms with Gasteiger partial charge >= 0.3 is 0 Å². The number of benzene rings is 2. The molecule has 2 aromatic carbocycles. The Morgan fingerprint density at radius 1 is 1.07 bits per heavy atom. The van der Waals surface area contributed by atoms with Gasteiger partial charge in [-0.15, -0.1) is 0 Å². The van der Waals surface area contributed by atoms with E-state index in [1.54, 1.807) is 31.4 Å². The van der Waals surface area contributed by atoms with Gasteiger partial charge in [0.25, 0.3) is 0 Å². The highest BCUT2D eigenvalue weighted by Crippen LogP contribution is 2.15. The number of hydrogen-bond acceptors (Lipinski definition) is 5. The Labute approximate surface area is 167 Å². The molecule has 0 atom stereocenters. The number of carbonyl (C=O) groups is 1. The van der Waals surface area contributed by atoms with E-state index in [0.29, 0.717) is 24.5 Å². The SMILES string of the molecule is COCCOc1cccc(CNC(=O)CS(=O)(=O)Cc2cccc(Br)c2)c1. The van der Waals surface area contributed by atoms with Crippen molar-refractivity contribution in [3.8, 4) is 5.75 Å². The average molecular weight is 456 g/mol. The van der Waals surface area contributed by atoms with Crippen molar-refractivity contribution in [2.24, 2.45) is 0 Å². The maximum atomic E-state index is 12.2. The highest BCUT2D eigenvalue weighted by atomic mass is 79.9.